The van der Waals surface area contributed by atoms with E-state index in [1.165, 1.54) is 10.5 Å². The molecule has 2 N–H and O–H groups in total. The standard InChI is InChI=1S/C9H14N2O3S/c12-8-2-5-11(6-3-8)15(13,14)9-1-4-10-7-9/h1,4,7-8,10,12H,2-3,5-6H2. The molecule has 0 radical (unpaired) electrons. The zero-order valence-corrected chi connectivity index (χ0v) is 9.07. The third-order valence-electron chi connectivity index (χ3n) is 2.63. The second-order valence-corrected chi connectivity index (χ2v) is 5.62. The predicted molar refractivity (Wildman–Crippen MR) is 54.8 cm³/mol. The van der Waals surface area contributed by atoms with Crippen molar-refractivity contribution in [3.63, 3.8) is 0 Å². The van der Waals surface area contributed by atoms with Gasteiger partial charge in [-0.05, 0) is 18.9 Å². The molecule has 1 saturated heterocycles. The number of hydrogen-bond acceptors (Lipinski definition) is 3. The van der Waals surface area contributed by atoms with Crippen molar-refractivity contribution in [2.24, 2.45) is 0 Å². The Hall–Kier alpha value is -0.850. The summed E-state index contributed by atoms with van der Waals surface area (Å²) in [4.78, 5) is 3.02. The van der Waals surface area contributed by atoms with E-state index in [0.29, 0.717) is 30.8 Å². The lowest BCUT2D eigenvalue weighted by atomic mass is 10.1. The molecule has 0 aliphatic carbocycles. The normalized spacial score (nSPS) is 20.6. The van der Waals surface area contributed by atoms with Crippen LogP contribution < -0.4 is 0 Å². The van der Waals surface area contributed by atoms with Crippen LogP contribution in [-0.2, 0) is 10.0 Å². The number of hydrogen-bond donors (Lipinski definition) is 2. The van der Waals surface area contributed by atoms with E-state index >= 15 is 0 Å². The molecule has 0 atom stereocenters. The number of H-pyrrole nitrogens is 1. The zero-order valence-electron chi connectivity index (χ0n) is 8.26. The van der Waals surface area contributed by atoms with E-state index in [2.05, 4.69) is 4.98 Å². The third-order valence-corrected chi connectivity index (χ3v) is 4.53. The fraction of sp³-hybridized carbons (Fsp3) is 0.556. The van der Waals surface area contributed by atoms with Gasteiger partial charge in [0.25, 0.3) is 0 Å². The van der Waals surface area contributed by atoms with E-state index in [1.807, 2.05) is 0 Å². The van der Waals surface area contributed by atoms with Gasteiger partial charge in [0.2, 0.25) is 10.0 Å². The number of piperidine rings is 1. The first-order valence-corrected chi connectivity index (χ1v) is 6.36. The first-order chi connectivity index (χ1) is 7.10. The molecule has 0 amide bonds. The van der Waals surface area contributed by atoms with Gasteiger partial charge in [-0.15, -0.1) is 0 Å². The zero-order chi connectivity index (χ0) is 10.9. The minimum atomic E-state index is -3.35. The maximum absolute atomic E-state index is 12.0. The Morgan fingerprint density at radius 3 is 2.60 bits per heavy atom. The molecule has 2 rings (SSSR count). The summed E-state index contributed by atoms with van der Waals surface area (Å²) in [6.07, 6.45) is 3.74. The van der Waals surface area contributed by atoms with Crippen molar-refractivity contribution in [1.82, 2.24) is 9.29 Å². The summed E-state index contributed by atoms with van der Waals surface area (Å²) >= 11 is 0. The maximum Gasteiger partial charge on any atom is 0.244 e. The summed E-state index contributed by atoms with van der Waals surface area (Å²) in [5.41, 5.74) is 0. The van der Waals surface area contributed by atoms with Crippen LogP contribution in [0.1, 0.15) is 12.8 Å². The SMILES string of the molecule is O=S(=O)(c1cc[nH]c1)N1CCC(O)CC1. The summed E-state index contributed by atoms with van der Waals surface area (Å²) in [6, 6.07) is 1.54. The number of aliphatic hydroxyl groups is 1. The highest BCUT2D eigenvalue weighted by molar-refractivity contribution is 7.89. The molecular weight excluding hydrogens is 216 g/mol. The van der Waals surface area contributed by atoms with E-state index in [4.69, 9.17) is 0 Å². The molecule has 0 unspecified atom stereocenters. The summed E-state index contributed by atoms with van der Waals surface area (Å²) in [7, 11) is -3.35. The number of rotatable bonds is 2. The number of nitrogens with one attached hydrogen (secondary N) is 1. The van der Waals surface area contributed by atoms with Crippen molar-refractivity contribution in [2.75, 3.05) is 13.1 Å². The van der Waals surface area contributed by atoms with Crippen molar-refractivity contribution in [3.05, 3.63) is 18.5 Å². The van der Waals surface area contributed by atoms with Gasteiger partial charge in [0.05, 0.1) is 11.0 Å². The molecule has 0 aromatic carbocycles. The Kier molecular flexibility index (Phi) is 2.81. The average Bonchev–Trinajstić information content (AvgIpc) is 2.71. The Morgan fingerprint density at radius 2 is 2.07 bits per heavy atom. The molecule has 1 aromatic heterocycles. The Balaban J connectivity index is 2.17. The highest BCUT2D eigenvalue weighted by Crippen LogP contribution is 2.19. The maximum atomic E-state index is 12.0. The number of aromatic nitrogens is 1. The Bertz CT molecular complexity index is 405. The molecule has 1 aliphatic rings. The van der Waals surface area contributed by atoms with E-state index < -0.39 is 10.0 Å². The molecule has 1 aromatic rings. The molecule has 84 valence electrons. The van der Waals surface area contributed by atoms with Gasteiger partial charge >= 0.3 is 0 Å². The van der Waals surface area contributed by atoms with Gasteiger partial charge < -0.3 is 10.1 Å². The molecule has 1 fully saturated rings. The fourth-order valence-corrected chi connectivity index (χ4v) is 3.15. The summed E-state index contributed by atoms with van der Waals surface area (Å²) in [6.45, 7) is 0.795. The Morgan fingerprint density at radius 1 is 1.40 bits per heavy atom. The van der Waals surface area contributed by atoms with Crippen LogP contribution in [0.5, 0.6) is 0 Å². The van der Waals surface area contributed by atoms with Gasteiger partial charge in [-0.2, -0.15) is 4.31 Å². The third kappa shape index (κ3) is 2.06. The van der Waals surface area contributed by atoms with Gasteiger partial charge in [-0.3, -0.25) is 0 Å². The Labute approximate surface area is 88.8 Å². The molecule has 1 aliphatic heterocycles. The monoisotopic (exact) mass is 230 g/mol. The first-order valence-electron chi connectivity index (χ1n) is 4.92. The van der Waals surface area contributed by atoms with Gasteiger partial charge in [-0.25, -0.2) is 8.42 Å². The topological polar surface area (TPSA) is 73.4 Å². The average molecular weight is 230 g/mol. The lowest BCUT2D eigenvalue weighted by Gasteiger charge is -2.28. The lowest BCUT2D eigenvalue weighted by Crippen LogP contribution is -2.39. The van der Waals surface area contributed by atoms with E-state index in [0.717, 1.165) is 0 Å². The highest BCUT2D eigenvalue weighted by Gasteiger charge is 2.28. The molecule has 6 heteroatoms. The molecule has 0 spiro atoms. The van der Waals surface area contributed by atoms with Crippen molar-refractivity contribution >= 4 is 10.0 Å². The van der Waals surface area contributed by atoms with Crippen LogP contribution in [-0.4, -0.2) is 42.0 Å². The first kappa shape index (κ1) is 10.7. The van der Waals surface area contributed by atoms with E-state index in [-0.39, 0.29) is 6.10 Å². The fourth-order valence-electron chi connectivity index (χ4n) is 1.70. The van der Waals surface area contributed by atoms with Crippen molar-refractivity contribution in [2.45, 2.75) is 23.8 Å². The molecule has 0 saturated carbocycles. The van der Waals surface area contributed by atoms with Gasteiger partial charge in [0, 0.05) is 25.5 Å². The van der Waals surface area contributed by atoms with Crippen LogP contribution in [0.25, 0.3) is 0 Å². The number of sulfonamides is 1. The molecule has 15 heavy (non-hydrogen) atoms. The van der Waals surface area contributed by atoms with Crippen LogP contribution in [0.2, 0.25) is 0 Å². The lowest BCUT2D eigenvalue weighted by molar-refractivity contribution is 0.113. The number of aliphatic hydroxyl groups excluding tert-OH is 1. The molecule has 5 nitrogen and oxygen atoms in total. The largest absolute Gasteiger partial charge is 0.393 e. The second kappa shape index (κ2) is 3.96. The minimum absolute atomic E-state index is 0.291. The summed E-state index contributed by atoms with van der Waals surface area (Å²) < 4.78 is 25.4. The number of nitrogens with zero attached hydrogens (tertiary/aromatic N) is 1. The van der Waals surface area contributed by atoms with Gasteiger partial charge in [-0.1, -0.05) is 0 Å². The van der Waals surface area contributed by atoms with Gasteiger partial charge in [0.1, 0.15) is 0 Å². The number of aromatic amines is 1. The van der Waals surface area contributed by atoms with E-state index in [1.54, 1.807) is 12.3 Å². The van der Waals surface area contributed by atoms with E-state index in [9.17, 15) is 13.5 Å². The quantitative estimate of drug-likeness (QED) is 0.760. The summed E-state index contributed by atoms with van der Waals surface area (Å²) in [5.74, 6) is 0. The smallest absolute Gasteiger partial charge is 0.244 e. The van der Waals surface area contributed by atoms with Gasteiger partial charge in [0.15, 0.2) is 0 Å². The van der Waals surface area contributed by atoms with Crippen molar-refractivity contribution in [3.8, 4) is 0 Å². The van der Waals surface area contributed by atoms with Crippen LogP contribution in [0.4, 0.5) is 0 Å². The van der Waals surface area contributed by atoms with Crippen LogP contribution in [0.15, 0.2) is 23.4 Å². The van der Waals surface area contributed by atoms with Crippen LogP contribution >= 0.6 is 0 Å². The van der Waals surface area contributed by atoms with Crippen molar-refractivity contribution < 1.29 is 13.5 Å². The minimum Gasteiger partial charge on any atom is -0.393 e. The molecule has 2 heterocycles. The highest BCUT2D eigenvalue weighted by atomic mass is 32.2. The molecular formula is C9H14N2O3S. The predicted octanol–water partition coefficient (Wildman–Crippen LogP) is 0.160. The van der Waals surface area contributed by atoms with Crippen molar-refractivity contribution in [1.29, 1.82) is 0 Å². The molecule has 0 bridgehead atoms. The van der Waals surface area contributed by atoms with Crippen LogP contribution in [0, 0.1) is 0 Å². The summed E-state index contributed by atoms with van der Waals surface area (Å²) in [5, 5.41) is 9.30. The van der Waals surface area contributed by atoms with Crippen LogP contribution in [0.3, 0.4) is 0 Å². The second-order valence-electron chi connectivity index (χ2n) is 3.68.